The van der Waals surface area contributed by atoms with Crippen LogP contribution in [0.2, 0.25) is 0 Å². The van der Waals surface area contributed by atoms with Crippen LogP contribution in [0.5, 0.6) is 5.75 Å². The van der Waals surface area contributed by atoms with Crippen molar-refractivity contribution in [1.82, 2.24) is 4.90 Å². The minimum Gasteiger partial charge on any atom is -0.497 e. The lowest BCUT2D eigenvalue weighted by molar-refractivity contribution is -0.384. The lowest BCUT2D eigenvalue weighted by atomic mass is 10.1. The summed E-state index contributed by atoms with van der Waals surface area (Å²) < 4.78 is 5.16. The highest BCUT2D eigenvalue weighted by atomic mass is 16.6. The van der Waals surface area contributed by atoms with Gasteiger partial charge in [-0.05, 0) is 30.3 Å². The smallest absolute Gasteiger partial charge is 0.293 e. The van der Waals surface area contributed by atoms with Crippen molar-refractivity contribution in [2.24, 2.45) is 0 Å². The maximum atomic E-state index is 12.7. The zero-order valence-corrected chi connectivity index (χ0v) is 14.8. The van der Waals surface area contributed by atoms with Gasteiger partial charge in [-0.15, -0.1) is 0 Å². The third kappa shape index (κ3) is 3.82. The third-order valence-electron chi connectivity index (χ3n) is 4.53. The molecule has 0 saturated carbocycles. The van der Waals surface area contributed by atoms with E-state index in [1.54, 1.807) is 48.4 Å². The average Bonchev–Trinajstić information content (AvgIpc) is 2.72. The van der Waals surface area contributed by atoms with E-state index in [4.69, 9.17) is 10.00 Å². The lowest BCUT2D eigenvalue weighted by Gasteiger charge is -2.35. The van der Waals surface area contributed by atoms with Crippen molar-refractivity contribution in [3.8, 4) is 11.8 Å². The molecule has 0 atom stereocenters. The number of methoxy groups -OCH3 is 1. The quantitative estimate of drug-likeness (QED) is 0.609. The maximum Gasteiger partial charge on any atom is 0.293 e. The molecule has 0 bridgehead atoms. The molecule has 1 heterocycles. The zero-order chi connectivity index (χ0) is 19.4. The van der Waals surface area contributed by atoms with E-state index in [9.17, 15) is 14.9 Å². The number of hydrogen-bond acceptors (Lipinski definition) is 6. The van der Waals surface area contributed by atoms with Crippen molar-refractivity contribution in [2.45, 2.75) is 0 Å². The molecule has 0 N–H and O–H groups in total. The Morgan fingerprint density at radius 1 is 1.19 bits per heavy atom. The predicted octanol–water partition coefficient (Wildman–Crippen LogP) is 2.44. The number of nitriles is 1. The van der Waals surface area contributed by atoms with Gasteiger partial charge in [0.05, 0.1) is 23.7 Å². The molecule has 8 nitrogen and oxygen atoms in total. The molecule has 1 saturated heterocycles. The van der Waals surface area contributed by atoms with E-state index in [1.165, 1.54) is 6.07 Å². The molecule has 2 aromatic rings. The standard InChI is InChI=1S/C19H18N4O4/c1-27-16-4-2-3-15(12-16)19(24)22-9-7-21(8-10-22)17-6-5-14(13-20)11-18(17)23(25)26/h2-6,11-12H,7-10H2,1H3. The average molecular weight is 366 g/mol. The Labute approximate surface area is 156 Å². The van der Waals surface area contributed by atoms with E-state index in [0.717, 1.165) is 0 Å². The highest BCUT2D eigenvalue weighted by molar-refractivity contribution is 5.94. The number of nitro benzene ring substituents is 1. The summed E-state index contributed by atoms with van der Waals surface area (Å²) in [6.07, 6.45) is 0. The molecule has 1 aliphatic rings. The van der Waals surface area contributed by atoms with E-state index in [0.29, 0.717) is 43.2 Å². The van der Waals surface area contributed by atoms with Crippen LogP contribution in [0.25, 0.3) is 0 Å². The van der Waals surface area contributed by atoms with Crippen molar-refractivity contribution < 1.29 is 14.5 Å². The summed E-state index contributed by atoms with van der Waals surface area (Å²) in [6, 6.07) is 13.3. The molecular weight excluding hydrogens is 348 g/mol. The van der Waals surface area contributed by atoms with Gasteiger partial charge >= 0.3 is 0 Å². The van der Waals surface area contributed by atoms with E-state index in [-0.39, 0.29) is 17.2 Å². The van der Waals surface area contributed by atoms with Gasteiger partial charge < -0.3 is 14.5 Å². The molecule has 0 aromatic heterocycles. The highest BCUT2D eigenvalue weighted by Gasteiger charge is 2.26. The molecule has 0 spiro atoms. The number of anilines is 1. The summed E-state index contributed by atoms with van der Waals surface area (Å²) >= 11 is 0. The fraction of sp³-hybridized carbons (Fsp3) is 0.263. The van der Waals surface area contributed by atoms with Crippen molar-refractivity contribution in [2.75, 3.05) is 38.2 Å². The topological polar surface area (TPSA) is 99.7 Å². The van der Waals surface area contributed by atoms with Gasteiger partial charge in [0.15, 0.2) is 0 Å². The van der Waals surface area contributed by atoms with Crippen LogP contribution in [0.4, 0.5) is 11.4 Å². The second kappa shape index (κ2) is 7.74. The summed E-state index contributed by atoms with van der Waals surface area (Å²) in [5, 5.41) is 20.3. The van der Waals surface area contributed by atoms with Gasteiger partial charge in [0.2, 0.25) is 0 Å². The number of carbonyl (C=O) groups excluding carboxylic acids is 1. The number of hydrogen-bond donors (Lipinski definition) is 0. The third-order valence-corrected chi connectivity index (χ3v) is 4.53. The number of nitro groups is 1. The van der Waals surface area contributed by atoms with Crippen molar-refractivity contribution in [3.05, 3.63) is 63.7 Å². The molecule has 138 valence electrons. The van der Waals surface area contributed by atoms with Gasteiger partial charge in [-0.25, -0.2) is 0 Å². The van der Waals surface area contributed by atoms with Gasteiger partial charge in [0.25, 0.3) is 11.6 Å². The van der Waals surface area contributed by atoms with E-state index in [1.807, 2.05) is 11.0 Å². The summed E-state index contributed by atoms with van der Waals surface area (Å²) in [5.74, 6) is 0.524. The van der Waals surface area contributed by atoms with Gasteiger partial charge in [0, 0.05) is 37.8 Å². The minimum atomic E-state index is -0.482. The van der Waals surface area contributed by atoms with E-state index < -0.39 is 4.92 Å². The lowest BCUT2D eigenvalue weighted by Crippen LogP contribution is -2.49. The molecule has 0 unspecified atom stereocenters. The molecule has 1 fully saturated rings. The molecule has 0 aliphatic carbocycles. The molecule has 1 amide bonds. The van der Waals surface area contributed by atoms with Gasteiger partial charge in [-0.3, -0.25) is 14.9 Å². The number of rotatable bonds is 4. The van der Waals surface area contributed by atoms with Crippen LogP contribution >= 0.6 is 0 Å². The fourth-order valence-corrected chi connectivity index (χ4v) is 3.10. The first kappa shape index (κ1) is 18.2. The predicted molar refractivity (Wildman–Crippen MR) is 98.9 cm³/mol. The Bertz CT molecular complexity index is 914. The second-order valence-electron chi connectivity index (χ2n) is 6.08. The molecular formula is C19H18N4O4. The first-order valence-electron chi connectivity index (χ1n) is 8.40. The monoisotopic (exact) mass is 366 g/mol. The SMILES string of the molecule is COc1cccc(C(=O)N2CCN(c3ccc(C#N)cc3[N+](=O)[O-])CC2)c1. The Balaban J connectivity index is 1.73. The molecule has 27 heavy (non-hydrogen) atoms. The van der Waals surface area contributed by atoms with Crippen molar-refractivity contribution in [1.29, 1.82) is 5.26 Å². The summed E-state index contributed by atoms with van der Waals surface area (Å²) in [6.45, 7) is 1.85. The molecule has 0 radical (unpaired) electrons. The van der Waals surface area contributed by atoms with Crippen LogP contribution in [-0.2, 0) is 0 Å². The number of benzene rings is 2. The van der Waals surface area contributed by atoms with E-state index in [2.05, 4.69) is 0 Å². The molecule has 8 heteroatoms. The summed E-state index contributed by atoms with van der Waals surface area (Å²) in [7, 11) is 1.55. The van der Waals surface area contributed by atoms with Crippen LogP contribution in [0.3, 0.4) is 0 Å². The Morgan fingerprint density at radius 2 is 1.93 bits per heavy atom. The van der Waals surface area contributed by atoms with Gasteiger partial charge in [-0.1, -0.05) is 6.07 Å². The van der Waals surface area contributed by atoms with Crippen molar-refractivity contribution in [3.63, 3.8) is 0 Å². The first-order valence-corrected chi connectivity index (χ1v) is 8.40. The Morgan fingerprint density at radius 3 is 2.56 bits per heavy atom. The summed E-state index contributed by atoms with van der Waals surface area (Å²) in [5.41, 5.74) is 1.17. The van der Waals surface area contributed by atoms with Crippen LogP contribution in [0.1, 0.15) is 15.9 Å². The fourth-order valence-electron chi connectivity index (χ4n) is 3.10. The number of piperazine rings is 1. The maximum absolute atomic E-state index is 12.7. The molecule has 3 rings (SSSR count). The van der Waals surface area contributed by atoms with Crippen LogP contribution in [0.15, 0.2) is 42.5 Å². The summed E-state index contributed by atoms with van der Waals surface area (Å²) in [4.78, 5) is 27.1. The van der Waals surface area contributed by atoms with Gasteiger partial charge in [0.1, 0.15) is 11.4 Å². The largest absolute Gasteiger partial charge is 0.497 e. The zero-order valence-electron chi connectivity index (χ0n) is 14.8. The van der Waals surface area contributed by atoms with E-state index >= 15 is 0 Å². The Hall–Kier alpha value is -3.60. The molecule has 2 aromatic carbocycles. The number of carbonyl (C=O) groups is 1. The van der Waals surface area contributed by atoms with Crippen LogP contribution < -0.4 is 9.64 Å². The van der Waals surface area contributed by atoms with Crippen LogP contribution in [-0.4, -0.2) is 49.0 Å². The molecule has 1 aliphatic heterocycles. The minimum absolute atomic E-state index is 0.0946. The number of nitrogens with zero attached hydrogens (tertiary/aromatic N) is 4. The number of amides is 1. The van der Waals surface area contributed by atoms with Gasteiger partial charge in [-0.2, -0.15) is 5.26 Å². The first-order chi connectivity index (χ1) is 13.0. The van der Waals surface area contributed by atoms with Crippen LogP contribution in [0, 0.1) is 21.4 Å². The van der Waals surface area contributed by atoms with Crippen molar-refractivity contribution >= 4 is 17.3 Å². The highest BCUT2D eigenvalue weighted by Crippen LogP contribution is 2.30. The second-order valence-corrected chi connectivity index (χ2v) is 6.08. The normalized spacial score (nSPS) is 13.8. The number of ether oxygens (including phenoxy) is 1. The Kier molecular flexibility index (Phi) is 5.22.